The van der Waals surface area contributed by atoms with Crippen molar-refractivity contribution in [3.8, 4) is 5.75 Å². The number of anilines is 1. The molecule has 5 rings (SSSR count). The minimum atomic E-state index is -3.81. The zero-order chi connectivity index (χ0) is 23.0. The maximum absolute atomic E-state index is 13.3. The molecule has 2 atom stereocenters. The van der Waals surface area contributed by atoms with Crippen LogP contribution in [0.25, 0.3) is 0 Å². The van der Waals surface area contributed by atoms with Crippen LogP contribution < -0.4 is 15.4 Å². The summed E-state index contributed by atoms with van der Waals surface area (Å²) in [5.41, 5.74) is 2.77. The predicted octanol–water partition coefficient (Wildman–Crippen LogP) is 2.61. The van der Waals surface area contributed by atoms with Crippen LogP contribution in [-0.4, -0.2) is 44.2 Å². The molecule has 3 aliphatic rings. The lowest BCUT2D eigenvalue weighted by Gasteiger charge is -2.33. The Hall–Kier alpha value is -2.91. The summed E-state index contributed by atoms with van der Waals surface area (Å²) in [5.74, 6) is -0.376. The predicted molar refractivity (Wildman–Crippen MR) is 122 cm³/mol. The molecule has 1 saturated heterocycles. The van der Waals surface area contributed by atoms with E-state index in [0.29, 0.717) is 30.8 Å². The van der Waals surface area contributed by atoms with Gasteiger partial charge in [-0.25, -0.2) is 8.42 Å². The van der Waals surface area contributed by atoms with Gasteiger partial charge in [-0.05, 0) is 61.4 Å². The van der Waals surface area contributed by atoms with Crippen molar-refractivity contribution in [2.45, 2.75) is 43.0 Å². The van der Waals surface area contributed by atoms with Gasteiger partial charge in [-0.15, -0.1) is 0 Å². The number of carbonyl (C=O) groups is 2. The molecular weight excluding hydrogens is 442 g/mol. The summed E-state index contributed by atoms with van der Waals surface area (Å²) in [4.78, 5) is 24.8. The van der Waals surface area contributed by atoms with E-state index >= 15 is 0 Å². The monoisotopic (exact) mass is 469 g/mol. The van der Waals surface area contributed by atoms with Gasteiger partial charge in [0.2, 0.25) is 15.9 Å². The van der Waals surface area contributed by atoms with Gasteiger partial charge in [0, 0.05) is 13.1 Å². The summed E-state index contributed by atoms with van der Waals surface area (Å²) in [6.07, 6.45) is 4.19. The zero-order valence-electron chi connectivity index (χ0n) is 18.2. The smallest absolute Gasteiger partial charge is 0.262 e. The van der Waals surface area contributed by atoms with Crippen molar-refractivity contribution >= 4 is 27.5 Å². The molecule has 0 saturated carbocycles. The van der Waals surface area contributed by atoms with Crippen molar-refractivity contribution in [3.63, 3.8) is 0 Å². The number of aryl methyl sites for hydroxylation is 1. The van der Waals surface area contributed by atoms with Crippen LogP contribution in [-0.2, 0) is 26.0 Å². The highest BCUT2D eigenvalue weighted by molar-refractivity contribution is 7.89. The minimum Gasteiger partial charge on any atom is -0.482 e. The molecule has 2 aliphatic heterocycles. The Morgan fingerprint density at radius 3 is 2.85 bits per heavy atom. The van der Waals surface area contributed by atoms with Crippen LogP contribution >= 0.6 is 0 Å². The largest absolute Gasteiger partial charge is 0.482 e. The van der Waals surface area contributed by atoms with Crippen molar-refractivity contribution in [2.75, 3.05) is 25.0 Å². The third-order valence-corrected chi connectivity index (χ3v) is 8.52. The van der Waals surface area contributed by atoms with Crippen molar-refractivity contribution in [1.82, 2.24) is 9.62 Å². The van der Waals surface area contributed by atoms with Gasteiger partial charge in [0.15, 0.2) is 6.61 Å². The Labute approximate surface area is 193 Å². The van der Waals surface area contributed by atoms with Crippen LogP contribution in [0.2, 0.25) is 0 Å². The molecule has 1 fully saturated rings. The highest BCUT2D eigenvalue weighted by Crippen LogP contribution is 2.33. The fourth-order valence-electron chi connectivity index (χ4n) is 4.94. The molecule has 1 aliphatic carbocycles. The second kappa shape index (κ2) is 8.79. The fraction of sp³-hybridized carbons (Fsp3) is 0.417. The standard InChI is InChI=1S/C24H27N3O5S/c28-23-15-32-22-11-10-18(13-21(22)25-23)33(30,31)27-12-4-7-17(14-27)24(29)26-20-9-3-6-16-5-1-2-8-19(16)20/h1-2,5,8,10-11,13,17,20H,3-4,6-7,9,12,14-15H2,(H,25,28)(H,26,29)/t17-,20+/m1/s1. The molecule has 9 heteroatoms. The molecule has 8 nitrogen and oxygen atoms in total. The van der Waals surface area contributed by atoms with Crippen molar-refractivity contribution < 1.29 is 22.7 Å². The molecule has 33 heavy (non-hydrogen) atoms. The first-order chi connectivity index (χ1) is 15.9. The van der Waals surface area contributed by atoms with E-state index in [4.69, 9.17) is 4.74 Å². The number of piperidine rings is 1. The Morgan fingerprint density at radius 1 is 1.12 bits per heavy atom. The van der Waals surface area contributed by atoms with E-state index in [1.54, 1.807) is 6.07 Å². The first-order valence-electron chi connectivity index (χ1n) is 11.4. The Balaban J connectivity index is 1.30. The highest BCUT2D eigenvalue weighted by Gasteiger charge is 2.35. The van der Waals surface area contributed by atoms with Gasteiger partial charge in [-0.3, -0.25) is 9.59 Å². The van der Waals surface area contributed by atoms with Crippen LogP contribution in [0.15, 0.2) is 47.4 Å². The van der Waals surface area contributed by atoms with Gasteiger partial charge in [0.05, 0.1) is 22.5 Å². The number of nitrogens with zero attached hydrogens (tertiary/aromatic N) is 1. The third kappa shape index (κ3) is 4.35. The first-order valence-corrected chi connectivity index (χ1v) is 12.8. The van der Waals surface area contributed by atoms with Gasteiger partial charge in [0.1, 0.15) is 5.75 Å². The number of nitrogens with one attached hydrogen (secondary N) is 2. The van der Waals surface area contributed by atoms with Crippen LogP contribution in [0.3, 0.4) is 0 Å². The average Bonchev–Trinajstić information content (AvgIpc) is 2.84. The molecule has 0 spiro atoms. The first kappa shape index (κ1) is 21.9. The van der Waals surface area contributed by atoms with Gasteiger partial charge < -0.3 is 15.4 Å². The van der Waals surface area contributed by atoms with Gasteiger partial charge >= 0.3 is 0 Å². The molecule has 0 bridgehead atoms. The summed E-state index contributed by atoms with van der Waals surface area (Å²) >= 11 is 0. The topological polar surface area (TPSA) is 105 Å². The summed E-state index contributed by atoms with van der Waals surface area (Å²) in [7, 11) is -3.81. The van der Waals surface area contributed by atoms with Gasteiger partial charge in [-0.2, -0.15) is 4.31 Å². The third-order valence-electron chi connectivity index (χ3n) is 6.66. The van der Waals surface area contributed by atoms with Gasteiger partial charge in [0.25, 0.3) is 5.91 Å². The molecule has 174 valence electrons. The summed E-state index contributed by atoms with van der Waals surface area (Å²) in [5, 5.41) is 5.82. The highest BCUT2D eigenvalue weighted by atomic mass is 32.2. The summed E-state index contributed by atoms with van der Waals surface area (Å²) < 4.78 is 33.3. The zero-order valence-corrected chi connectivity index (χ0v) is 19.1. The number of amides is 2. The maximum atomic E-state index is 13.3. The number of carbonyl (C=O) groups excluding carboxylic acids is 2. The minimum absolute atomic E-state index is 0.0290. The summed E-state index contributed by atoms with van der Waals surface area (Å²) in [6.45, 7) is 0.411. The molecule has 2 amide bonds. The lowest BCUT2D eigenvalue weighted by molar-refractivity contribution is -0.127. The van der Waals surface area contributed by atoms with E-state index in [1.807, 2.05) is 12.1 Å². The van der Waals surface area contributed by atoms with E-state index in [2.05, 4.69) is 22.8 Å². The van der Waals surface area contributed by atoms with Gasteiger partial charge in [-0.1, -0.05) is 24.3 Å². The van der Waals surface area contributed by atoms with Crippen molar-refractivity contribution in [2.24, 2.45) is 5.92 Å². The van der Waals surface area contributed by atoms with E-state index in [9.17, 15) is 18.0 Å². The van der Waals surface area contributed by atoms with Crippen molar-refractivity contribution in [1.29, 1.82) is 0 Å². The normalized spacial score (nSPS) is 23.0. The molecule has 0 radical (unpaired) electrons. The Morgan fingerprint density at radius 2 is 1.97 bits per heavy atom. The second-order valence-corrected chi connectivity index (χ2v) is 10.8. The molecular formula is C24H27N3O5S. The second-order valence-electron chi connectivity index (χ2n) is 8.85. The molecule has 2 aromatic rings. The van der Waals surface area contributed by atoms with E-state index in [0.717, 1.165) is 24.8 Å². The maximum Gasteiger partial charge on any atom is 0.262 e. The Kier molecular flexibility index (Phi) is 5.84. The lowest BCUT2D eigenvalue weighted by Crippen LogP contribution is -2.46. The molecule has 2 N–H and O–H groups in total. The number of hydrogen-bond acceptors (Lipinski definition) is 5. The molecule has 2 aromatic carbocycles. The van der Waals surface area contributed by atoms with E-state index in [-0.39, 0.29) is 35.9 Å². The van der Waals surface area contributed by atoms with Crippen LogP contribution in [0.1, 0.15) is 42.9 Å². The molecule has 0 unspecified atom stereocenters. The molecule has 2 heterocycles. The van der Waals surface area contributed by atoms with E-state index < -0.39 is 15.9 Å². The number of benzene rings is 2. The van der Waals surface area contributed by atoms with E-state index in [1.165, 1.54) is 22.0 Å². The lowest BCUT2D eigenvalue weighted by atomic mass is 9.87. The van der Waals surface area contributed by atoms with Crippen LogP contribution in [0, 0.1) is 5.92 Å². The number of ether oxygens (including phenoxy) is 1. The van der Waals surface area contributed by atoms with Crippen LogP contribution in [0.4, 0.5) is 5.69 Å². The number of sulfonamides is 1. The SMILES string of the molecule is O=C1COc2ccc(S(=O)(=O)N3CCC[C@@H](C(=O)N[C@H]4CCCc5ccccc54)C3)cc2N1. The van der Waals surface area contributed by atoms with Crippen LogP contribution in [0.5, 0.6) is 5.75 Å². The average molecular weight is 470 g/mol. The van der Waals surface area contributed by atoms with Crippen molar-refractivity contribution in [3.05, 3.63) is 53.6 Å². The number of rotatable bonds is 4. The summed E-state index contributed by atoms with van der Waals surface area (Å²) in [6, 6.07) is 12.6. The fourth-order valence-corrected chi connectivity index (χ4v) is 6.49. The number of hydrogen-bond donors (Lipinski definition) is 2. The molecule has 0 aromatic heterocycles. The Bertz CT molecular complexity index is 1200. The quantitative estimate of drug-likeness (QED) is 0.716. The number of fused-ring (bicyclic) bond motifs is 2.